The normalized spacial score (nSPS) is 21.2. The summed E-state index contributed by atoms with van der Waals surface area (Å²) >= 11 is 12.4. The summed E-state index contributed by atoms with van der Waals surface area (Å²) in [5, 5.41) is 15.0. The van der Waals surface area contributed by atoms with Crippen LogP contribution in [0.5, 0.6) is 5.75 Å². The van der Waals surface area contributed by atoms with Crippen LogP contribution in [-0.4, -0.2) is 71.5 Å². The van der Waals surface area contributed by atoms with Crippen LogP contribution in [0.1, 0.15) is 36.5 Å². The van der Waals surface area contributed by atoms with E-state index in [1.165, 1.54) is 6.42 Å². The van der Waals surface area contributed by atoms with Crippen LogP contribution in [0.15, 0.2) is 36.5 Å². The minimum atomic E-state index is -0.127. The molecule has 1 aromatic heterocycles. The number of carbonyl (C=O) groups is 1. The number of hydrogen-bond acceptors (Lipinski definition) is 6. The van der Waals surface area contributed by atoms with Crippen molar-refractivity contribution in [2.75, 3.05) is 45.1 Å². The maximum Gasteiger partial charge on any atom is 0.163 e. The van der Waals surface area contributed by atoms with Gasteiger partial charge >= 0.3 is 0 Å². The number of hydrogen-bond donors (Lipinski definition) is 2. The standard InChI is InChI=1S/C28H32Cl2N4O2/c1-17(35)23-15-31-26-6-4-19(20-13-24(29)28(36)25(30)14-20)12-22(26)27(23)32-21-5-3-18(11-21)16-34-9-7-33(2)8-10-34/h4,6,12-15,18,21,36H,3,5,7-11,16H2,1-2H3,(H,31,32)/t18-,21-/m1/s1. The maximum absolute atomic E-state index is 12.6. The van der Waals surface area contributed by atoms with E-state index < -0.39 is 0 Å². The second-order valence-corrected chi connectivity index (χ2v) is 11.1. The van der Waals surface area contributed by atoms with Gasteiger partial charge in [0.15, 0.2) is 11.5 Å². The van der Waals surface area contributed by atoms with E-state index >= 15 is 0 Å². The van der Waals surface area contributed by atoms with Crippen molar-refractivity contribution in [3.8, 4) is 16.9 Å². The highest BCUT2D eigenvalue weighted by molar-refractivity contribution is 6.37. The molecule has 36 heavy (non-hydrogen) atoms. The van der Waals surface area contributed by atoms with Crippen molar-refractivity contribution in [2.24, 2.45) is 5.92 Å². The Bertz CT molecular complexity index is 1270. The summed E-state index contributed by atoms with van der Waals surface area (Å²) in [6.45, 7) is 7.29. The van der Waals surface area contributed by atoms with E-state index in [2.05, 4.69) is 27.1 Å². The van der Waals surface area contributed by atoms with Crippen molar-refractivity contribution < 1.29 is 9.90 Å². The molecule has 3 aromatic rings. The van der Waals surface area contributed by atoms with Crippen LogP contribution >= 0.6 is 23.2 Å². The molecule has 2 aromatic carbocycles. The highest BCUT2D eigenvalue weighted by atomic mass is 35.5. The summed E-state index contributed by atoms with van der Waals surface area (Å²) in [6, 6.07) is 9.62. The largest absolute Gasteiger partial charge is 0.505 e. The monoisotopic (exact) mass is 526 g/mol. The molecule has 0 unspecified atom stereocenters. The molecule has 1 aliphatic carbocycles. The SMILES string of the molecule is CC(=O)c1cnc2ccc(-c3cc(Cl)c(O)c(Cl)c3)cc2c1N[C@@H]1CC[C@@H](CN2CCN(C)CC2)C1. The van der Waals surface area contributed by atoms with Crippen molar-refractivity contribution in [3.63, 3.8) is 0 Å². The number of phenols is 1. The average Bonchev–Trinajstić information content (AvgIpc) is 3.30. The highest BCUT2D eigenvalue weighted by Crippen LogP contribution is 2.39. The Morgan fingerprint density at radius 1 is 1.08 bits per heavy atom. The molecule has 8 heteroatoms. The number of nitrogens with zero attached hydrogens (tertiary/aromatic N) is 3. The number of rotatable bonds is 6. The molecule has 5 rings (SSSR count). The van der Waals surface area contributed by atoms with E-state index in [1.54, 1.807) is 25.3 Å². The van der Waals surface area contributed by atoms with Gasteiger partial charge in [-0.05, 0) is 74.5 Å². The number of nitrogens with one attached hydrogen (secondary N) is 1. The lowest BCUT2D eigenvalue weighted by Gasteiger charge is -2.34. The lowest BCUT2D eigenvalue weighted by Crippen LogP contribution is -2.45. The molecule has 0 amide bonds. The van der Waals surface area contributed by atoms with Crippen LogP contribution in [0.2, 0.25) is 10.0 Å². The molecule has 2 atom stereocenters. The van der Waals surface area contributed by atoms with Gasteiger partial charge in [0, 0.05) is 50.3 Å². The number of ketones is 1. The number of aromatic nitrogens is 1. The number of halogens is 2. The number of piperazine rings is 1. The van der Waals surface area contributed by atoms with Crippen LogP contribution in [-0.2, 0) is 0 Å². The second kappa shape index (κ2) is 10.5. The maximum atomic E-state index is 12.6. The Morgan fingerprint density at radius 3 is 2.50 bits per heavy atom. The van der Waals surface area contributed by atoms with Gasteiger partial charge in [0.1, 0.15) is 0 Å². The third-order valence-electron chi connectivity index (χ3n) is 7.60. The zero-order chi connectivity index (χ0) is 25.4. The van der Waals surface area contributed by atoms with E-state index in [-0.39, 0.29) is 21.6 Å². The van der Waals surface area contributed by atoms with Gasteiger partial charge in [-0.2, -0.15) is 0 Å². The summed E-state index contributed by atoms with van der Waals surface area (Å²) in [5.41, 5.74) is 3.93. The summed E-state index contributed by atoms with van der Waals surface area (Å²) in [5.74, 6) is 0.523. The first-order chi connectivity index (χ1) is 17.3. The summed E-state index contributed by atoms with van der Waals surface area (Å²) < 4.78 is 0. The number of aromatic hydroxyl groups is 1. The van der Waals surface area contributed by atoms with Crippen molar-refractivity contribution in [2.45, 2.75) is 32.2 Å². The molecule has 6 nitrogen and oxygen atoms in total. The molecule has 2 heterocycles. The molecule has 0 bridgehead atoms. The molecule has 1 aliphatic heterocycles. The van der Waals surface area contributed by atoms with Gasteiger partial charge in [-0.25, -0.2) is 0 Å². The van der Waals surface area contributed by atoms with E-state index in [1.807, 2.05) is 18.2 Å². The Morgan fingerprint density at radius 2 is 1.81 bits per heavy atom. The molecule has 2 fully saturated rings. The second-order valence-electron chi connectivity index (χ2n) is 10.2. The third-order valence-corrected chi connectivity index (χ3v) is 8.18. The first-order valence-corrected chi connectivity index (χ1v) is 13.3. The molecule has 1 saturated carbocycles. The number of carbonyl (C=O) groups excluding carboxylic acids is 1. The molecule has 0 radical (unpaired) electrons. The molecule has 2 aliphatic rings. The van der Waals surface area contributed by atoms with Crippen LogP contribution in [0.25, 0.3) is 22.0 Å². The van der Waals surface area contributed by atoms with Gasteiger partial charge in [0.05, 0.1) is 26.8 Å². The van der Waals surface area contributed by atoms with Crippen molar-refractivity contribution in [3.05, 3.63) is 52.1 Å². The molecule has 2 N–H and O–H groups in total. The molecule has 0 spiro atoms. The summed E-state index contributed by atoms with van der Waals surface area (Å²) in [6.07, 6.45) is 5.05. The quantitative estimate of drug-likeness (QED) is 0.387. The number of likely N-dealkylation sites (N-methyl/N-ethyl adjacent to an activating group) is 1. The Kier molecular flexibility index (Phi) is 7.40. The topological polar surface area (TPSA) is 68.7 Å². The van der Waals surface area contributed by atoms with Gasteiger partial charge in [-0.1, -0.05) is 29.3 Å². The Hall–Kier alpha value is -2.38. The van der Waals surface area contributed by atoms with Gasteiger partial charge in [0.2, 0.25) is 0 Å². The predicted molar refractivity (Wildman–Crippen MR) is 148 cm³/mol. The fourth-order valence-corrected chi connectivity index (χ4v) is 5.99. The minimum absolute atomic E-state index is 0.0139. The molecular formula is C28H32Cl2N4O2. The zero-order valence-corrected chi connectivity index (χ0v) is 22.2. The fraction of sp³-hybridized carbons (Fsp3) is 0.429. The summed E-state index contributed by atoms with van der Waals surface area (Å²) in [7, 11) is 2.19. The van der Waals surface area contributed by atoms with Crippen LogP contribution in [0.4, 0.5) is 5.69 Å². The molecular weight excluding hydrogens is 495 g/mol. The van der Waals surface area contributed by atoms with E-state index in [4.69, 9.17) is 23.2 Å². The van der Waals surface area contributed by atoms with Gasteiger partial charge in [-0.3, -0.25) is 9.78 Å². The Labute approximate surface area is 222 Å². The van der Waals surface area contributed by atoms with Crippen molar-refractivity contribution in [1.29, 1.82) is 0 Å². The van der Waals surface area contributed by atoms with Gasteiger partial charge in [0.25, 0.3) is 0 Å². The minimum Gasteiger partial charge on any atom is -0.505 e. The van der Waals surface area contributed by atoms with Gasteiger partial charge in [-0.15, -0.1) is 0 Å². The third kappa shape index (κ3) is 5.32. The zero-order valence-electron chi connectivity index (χ0n) is 20.7. The van der Waals surface area contributed by atoms with Crippen molar-refractivity contribution in [1.82, 2.24) is 14.8 Å². The van der Waals surface area contributed by atoms with E-state index in [0.717, 1.165) is 73.3 Å². The van der Waals surface area contributed by atoms with Crippen LogP contribution < -0.4 is 5.32 Å². The lowest BCUT2D eigenvalue weighted by molar-refractivity contribution is 0.101. The number of benzene rings is 2. The molecule has 1 saturated heterocycles. The number of phenolic OH excluding ortho intramolecular Hbond substituents is 1. The first-order valence-electron chi connectivity index (χ1n) is 12.6. The molecule has 190 valence electrons. The average molecular weight is 527 g/mol. The number of pyridine rings is 1. The van der Waals surface area contributed by atoms with Crippen LogP contribution in [0.3, 0.4) is 0 Å². The summed E-state index contributed by atoms with van der Waals surface area (Å²) in [4.78, 5) is 22.1. The van der Waals surface area contributed by atoms with E-state index in [9.17, 15) is 9.90 Å². The highest BCUT2D eigenvalue weighted by Gasteiger charge is 2.28. The Balaban J connectivity index is 1.42. The van der Waals surface area contributed by atoms with Crippen molar-refractivity contribution >= 4 is 45.6 Å². The van der Waals surface area contributed by atoms with Crippen LogP contribution in [0, 0.1) is 5.92 Å². The number of anilines is 1. The first kappa shape index (κ1) is 25.3. The smallest absolute Gasteiger partial charge is 0.163 e. The lowest BCUT2D eigenvalue weighted by atomic mass is 9.99. The number of fused-ring (bicyclic) bond motifs is 1. The predicted octanol–water partition coefficient (Wildman–Crippen LogP) is 5.94. The van der Waals surface area contributed by atoms with E-state index in [0.29, 0.717) is 17.5 Å². The fourth-order valence-electron chi connectivity index (χ4n) is 5.50. The number of Topliss-reactive ketones (excluding diaryl/α,β-unsaturated/α-hetero) is 1. The van der Waals surface area contributed by atoms with Gasteiger partial charge < -0.3 is 20.2 Å².